The highest BCUT2D eigenvalue weighted by molar-refractivity contribution is 7.98. The number of nitrogens with zero attached hydrogens (tertiary/aromatic N) is 1. The van der Waals surface area contributed by atoms with Crippen LogP contribution in [0.1, 0.15) is 11.1 Å². The van der Waals surface area contributed by atoms with E-state index < -0.39 is 17.5 Å². The molecule has 1 aromatic carbocycles. The topological polar surface area (TPSA) is 33.1 Å². The highest BCUT2D eigenvalue weighted by atomic mass is 35.5. The monoisotopic (exact) mass is 353 g/mol. The van der Waals surface area contributed by atoms with Gasteiger partial charge in [0.1, 0.15) is 10.9 Å². The van der Waals surface area contributed by atoms with Crippen LogP contribution in [0.4, 0.5) is 13.2 Å². The molecule has 1 N–H and O–H groups in total. The summed E-state index contributed by atoms with van der Waals surface area (Å²) in [5.74, 6) is -0.206. The maximum atomic E-state index is 12.7. The van der Waals surface area contributed by atoms with E-state index in [0.29, 0.717) is 16.7 Å². The van der Waals surface area contributed by atoms with Crippen LogP contribution in [-0.4, -0.2) is 10.1 Å². The first-order valence-corrected chi connectivity index (χ1v) is 7.34. The van der Waals surface area contributed by atoms with E-state index in [-0.39, 0.29) is 15.8 Å². The highest BCUT2D eigenvalue weighted by Crippen LogP contribution is 2.37. The molecule has 0 amide bonds. The van der Waals surface area contributed by atoms with Crippen molar-refractivity contribution in [3.8, 4) is 5.75 Å². The van der Waals surface area contributed by atoms with Gasteiger partial charge in [-0.05, 0) is 24.3 Å². The first kappa shape index (κ1) is 16.3. The Hall–Kier alpha value is -1.11. The Morgan fingerprint density at radius 2 is 1.90 bits per heavy atom. The van der Waals surface area contributed by atoms with Crippen LogP contribution in [0, 0.1) is 0 Å². The molecule has 0 aliphatic heterocycles. The third-order valence-corrected chi connectivity index (χ3v) is 4.23. The fourth-order valence-electron chi connectivity index (χ4n) is 1.56. The van der Waals surface area contributed by atoms with Crippen LogP contribution in [0.3, 0.4) is 0 Å². The van der Waals surface area contributed by atoms with Gasteiger partial charge in [0.15, 0.2) is 0 Å². The Balaban J connectivity index is 2.23. The number of benzene rings is 1. The van der Waals surface area contributed by atoms with Crippen molar-refractivity contribution in [2.45, 2.75) is 16.8 Å². The van der Waals surface area contributed by atoms with Gasteiger partial charge in [0.05, 0.1) is 5.56 Å². The molecule has 0 saturated carbocycles. The van der Waals surface area contributed by atoms with Gasteiger partial charge in [-0.25, -0.2) is 4.98 Å². The summed E-state index contributed by atoms with van der Waals surface area (Å²) in [7, 11) is 0. The molecule has 8 heteroatoms. The molecule has 1 aromatic heterocycles. The molecule has 0 saturated heterocycles. The van der Waals surface area contributed by atoms with Gasteiger partial charge in [0.2, 0.25) is 0 Å². The molecule has 2 aromatic rings. The summed E-state index contributed by atoms with van der Waals surface area (Å²) < 4.78 is 38.0. The quantitative estimate of drug-likeness (QED) is 0.591. The Labute approximate surface area is 132 Å². The lowest BCUT2D eigenvalue weighted by Crippen LogP contribution is -2.04. The van der Waals surface area contributed by atoms with E-state index in [1.54, 1.807) is 6.07 Å². The number of hydrogen-bond donors (Lipinski definition) is 1. The molecule has 1 heterocycles. The van der Waals surface area contributed by atoms with E-state index in [4.69, 9.17) is 23.2 Å². The van der Waals surface area contributed by atoms with Crippen molar-refractivity contribution in [1.82, 2.24) is 4.98 Å². The van der Waals surface area contributed by atoms with Crippen LogP contribution in [0.15, 0.2) is 35.4 Å². The molecule has 0 unspecified atom stereocenters. The Kier molecular flexibility index (Phi) is 4.91. The molecule has 0 atom stereocenters. The fourth-order valence-corrected chi connectivity index (χ4v) is 3.22. The van der Waals surface area contributed by atoms with Crippen LogP contribution in [0.5, 0.6) is 5.75 Å². The van der Waals surface area contributed by atoms with E-state index in [1.165, 1.54) is 12.3 Å². The number of pyridine rings is 1. The van der Waals surface area contributed by atoms with Gasteiger partial charge in [-0.2, -0.15) is 13.2 Å². The molecule has 0 bridgehead atoms. The Morgan fingerprint density at radius 3 is 2.52 bits per heavy atom. The maximum absolute atomic E-state index is 12.7. The van der Waals surface area contributed by atoms with Crippen molar-refractivity contribution in [3.63, 3.8) is 0 Å². The van der Waals surface area contributed by atoms with Gasteiger partial charge in [-0.15, -0.1) is 11.8 Å². The van der Waals surface area contributed by atoms with E-state index in [1.807, 2.05) is 0 Å². The molecule has 2 nitrogen and oxygen atoms in total. The molecule has 21 heavy (non-hydrogen) atoms. The third kappa shape index (κ3) is 4.18. The van der Waals surface area contributed by atoms with E-state index in [9.17, 15) is 18.3 Å². The standard InChI is InChI=1S/C13H8Cl2F3NOS/c14-11-1-2-19-12(15)10(11)6-21-9-4-7(13(16,17)18)3-8(20)5-9/h1-5,20H,6H2. The predicted molar refractivity (Wildman–Crippen MR) is 76.9 cm³/mol. The van der Waals surface area contributed by atoms with Crippen LogP contribution in [0.2, 0.25) is 10.2 Å². The van der Waals surface area contributed by atoms with E-state index in [2.05, 4.69) is 4.98 Å². The van der Waals surface area contributed by atoms with E-state index in [0.717, 1.165) is 17.8 Å². The second kappa shape index (κ2) is 6.34. The van der Waals surface area contributed by atoms with Crippen molar-refractivity contribution in [2.75, 3.05) is 0 Å². The summed E-state index contributed by atoms with van der Waals surface area (Å²) in [6.45, 7) is 0. The minimum atomic E-state index is -4.52. The number of phenolic OH excluding ortho intramolecular Hbond substituents is 1. The molecule has 0 aliphatic rings. The lowest BCUT2D eigenvalue weighted by molar-refractivity contribution is -0.137. The lowest BCUT2D eigenvalue weighted by Gasteiger charge is -2.10. The van der Waals surface area contributed by atoms with Crippen molar-refractivity contribution >= 4 is 35.0 Å². The normalized spacial score (nSPS) is 11.7. The summed E-state index contributed by atoms with van der Waals surface area (Å²) in [5.41, 5.74) is -0.379. The van der Waals surface area contributed by atoms with Gasteiger partial charge in [0, 0.05) is 27.4 Å². The smallest absolute Gasteiger partial charge is 0.416 e. The van der Waals surface area contributed by atoms with Crippen molar-refractivity contribution in [1.29, 1.82) is 0 Å². The zero-order valence-corrected chi connectivity index (χ0v) is 12.6. The molecular formula is C13H8Cl2F3NOS. The number of halogens is 5. The summed E-state index contributed by atoms with van der Waals surface area (Å²) in [5, 5.41) is 9.97. The zero-order chi connectivity index (χ0) is 15.6. The van der Waals surface area contributed by atoms with Crippen molar-refractivity contribution in [3.05, 3.63) is 51.8 Å². The highest BCUT2D eigenvalue weighted by Gasteiger charge is 2.31. The zero-order valence-electron chi connectivity index (χ0n) is 10.3. The number of aromatic hydroxyl groups is 1. The molecule has 0 radical (unpaired) electrons. The third-order valence-electron chi connectivity index (χ3n) is 2.55. The fraction of sp³-hybridized carbons (Fsp3) is 0.154. The second-order valence-electron chi connectivity index (χ2n) is 4.06. The minimum absolute atomic E-state index is 0.200. The van der Waals surface area contributed by atoms with Gasteiger partial charge in [-0.1, -0.05) is 23.2 Å². The van der Waals surface area contributed by atoms with E-state index >= 15 is 0 Å². The van der Waals surface area contributed by atoms with Gasteiger partial charge in [-0.3, -0.25) is 0 Å². The van der Waals surface area contributed by atoms with Crippen LogP contribution < -0.4 is 0 Å². The number of aromatic nitrogens is 1. The summed E-state index contributed by atoms with van der Waals surface area (Å²) in [4.78, 5) is 4.13. The number of rotatable bonds is 3. The number of alkyl halides is 3. The molecule has 0 fully saturated rings. The summed E-state index contributed by atoms with van der Waals surface area (Å²) in [6, 6.07) is 4.43. The first-order chi connectivity index (χ1) is 9.77. The second-order valence-corrected chi connectivity index (χ2v) is 5.88. The average Bonchev–Trinajstić information content (AvgIpc) is 2.36. The molecule has 112 valence electrons. The summed E-state index contributed by atoms with van der Waals surface area (Å²) in [6.07, 6.45) is -3.08. The van der Waals surface area contributed by atoms with Crippen molar-refractivity contribution in [2.24, 2.45) is 0 Å². The molecule has 0 aliphatic carbocycles. The van der Waals surface area contributed by atoms with Gasteiger partial charge >= 0.3 is 6.18 Å². The van der Waals surface area contributed by atoms with Gasteiger partial charge in [0.25, 0.3) is 0 Å². The van der Waals surface area contributed by atoms with Crippen LogP contribution in [0.25, 0.3) is 0 Å². The molecule has 2 rings (SSSR count). The number of hydrogen-bond acceptors (Lipinski definition) is 3. The predicted octanol–water partition coefficient (Wildman–Crippen LogP) is 5.41. The van der Waals surface area contributed by atoms with Gasteiger partial charge < -0.3 is 5.11 Å². The van der Waals surface area contributed by atoms with Crippen molar-refractivity contribution < 1.29 is 18.3 Å². The first-order valence-electron chi connectivity index (χ1n) is 5.60. The Bertz CT molecular complexity index is 644. The lowest BCUT2D eigenvalue weighted by atomic mass is 10.2. The largest absolute Gasteiger partial charge is 0.508 e. The minimum Gasteiger partial charge on any atom is -0.508 e. The van der Waals surface area contributed by atoms with Crippen LogP contribution >= 0.6 is 35.0 Å². The van der Waals surface area contributed by atoms with Crippen LogP contribution in [-0.2, 0) is 11.9 Å². The SMILES string of the molecule is Oc1cc(SCc2c(Cl)ccnc2Cl)cc(C(F)(F)F)c1. The maximum Gasteiger partial charge on any atom is 0.416 e. The summed E-state index contributed by atoms with van der Waals surface area (Å²) >= 11 is 12.9. The average molecular weight is 354 g/mol. The number of phenols is 1. The Morgan fingerprint density at radius 1 is 1.19 bits per heavy atom. The molecular weight excluding hydrogens is 346 g/mol. The number of thioether (sulfide) groups is 1. The molecule has 0 spiro atoms.